The van der Waals surface area contributed by atoms with Gasteiger partial charge in [0.2, 0.25) is 0 Å². The number of hydrogen-bond donors (Lipinski definition) is 1. The van der Waals surface area contributed by atoms with E-state index in [2.05, 4.69) is 56.0 Å². The Balaban J connectivity index is 2.18. The van der Waals surface area contributed by atoms with Gasteiger partial charge in [-0.15, -0.1) is 0 Å². The van der Waals surface area contributed by atoms with Crippen molar-refractivity contribution in [3.05, 3.63) is 11.9 Å². The average Bonchev–Trinajstić information content (AvgIpc) is 2.46. The first-order chi connectivity index (χ1) is 9.82. The second-order valence-electron chi connectivity index (χ2n) is 7.38. The molecule has 0 spiro atoms. The Hall–Kier alpha value is -1.32. The van der Waals surface area contributed by atoms with Crippen LogP contribution in [0.4, 0.5) is 11.6 Å². The van der Waals surface area contributed by atoms with Gasteiger partial charge in [-0.05, 0) is 31.1 Å². The fourth-order valence-electron chi connectivity index (χ4n) is 2.98. The Bertz CT molecular complexity index is 472. The topological polar surface area (TPSA) is 41.0 Å². The molecule has 0 amide bonds. The summed E-state index contributed by atoms with van der Waals surface area (Å²) >= 11 is 0. The second-order valence-corrected chi connectivity index (χ2v) is 7.38. The lowest BCUT2D eigenvalue weighted by Crippen LogP contribution is -2.37. The van der Waals surface area contributed by atoms with Gasteiger partial charge < -0.3 is 10.2 Å². The van der Waals surface area contributed by atoms with Gasteiger partial charge in [0, 0.05) is 32.1 Å². The van der Waals surface area contributed by atoms with Crippen LogP contribution in [-0.2, 0) is 0 Å². The molecule has 1 heterocycles. The molecule has 0 bridgehead atoms. The van der Waals surface area contributed by atoms with Crippen molar-refractivity contribution >= 4 is 11.6 Å². The molecular formula is C17H30N4. The van der Waals surface area contributed by atoms with Gasteiger partial charge in [-0.25, -0.2) is 9.97 Å². The summed E-state index contributed by atoms with van der Waals surface area (Å²) < 4.78 is 0. The normalized spacial score (nSPS) is 18.8. The Labute approximate surface area is 129 Å². The average molecular weight is 290 g/mol. The van der Waals surface area contributed by atoms with E-state index in [0.29, 0.717) is 17.4 Å². The van der Waals surface area contributed by atoms with Crippen LogP contribution >= 0.6 is 0 Å². The number of rotatable bonds is 4. The molecule has 4 nitrogen and oxygen atoms in total. The SMILES string of the molecule is CNc1cc(N(C)C2CCC(C)(C)CC2)nc(C(C)C)n1. The van der Waals surface area contributed by atoms with Crippen LogP contribution in [0.15, 0.2) is 6.07 Å². The summed E-state index contributed by atoms with van der Waals surface area (Å²) in [5.74, 6) is 3.21. The molecule has 4 heteroatoms. The summed E-state index contributed by atoms with van der Waals surface area (Å²) in [4.78, 5) is 11.7. The largest absolute Gasteiger partial charge is 0.373 e. The number of anilines is 2. The standard InChI is InChI=1S/C17H30N4/c1-12(2)16-19-14(18-5)11-15(20-16)21(6)13-7-9-17(3,4)10-8-13/h11-13H,7-10H2,1-6H3,(H,18,19,20). The first kappa shape index (κ1) is 16.1. The third-order valence-electron chi connectivity index (χ3n) is 4.72. The van der Waals surface area contributed by atoms with Crippen molar-refractivity contribution in [2.24, 2.45) is 5.41 Å². The van der Waals surface area contributed by atoms with Crippen molar-refractivity contribution < 1.29 is 0 Å². The summed E-state index contributed by atoms with van der Waals surface area (Å²) in [6.45, 7) is 9.04. The van der Waals surface area contributed by atoms with E-state index in [1.807, 2.05) is 7.05 Å². The van der Waals surface area contributed by atoms with Gasteiger partial charge in [0.05, 0.1) is 0 Å². The van der Waals surface area contributed by atoms with Gasteiger partial charge in [0.25, 0.3) is 0 Å². The maximum Gasteiger partial charge on any atom is 0.135 e. The van der Waals surface area contributed by atoms with Crippen LogP contribution in [-0.4, -0.2) is 30.1 Å². The van der Waals surface area contributed by atoms with Crippen LogP contribution in [0.3, 0.4) is 0 Å². The van der Waals surface area contributed by atoms with Crippen LogP contribution in [0.5, 0.6) is 0 Å². The van der Waals surface area contributed by atoms with Crippen molar-refractivity contribution in [1.82, 2.24) is 9.97 Å². The minimum absolute atomic E-state index is 0.343. The van der Waals surface area contributed by atoms with Gasteiger partial charge in [0.15, 0.2) is 0 Å². The summed E-state index contributed by atoms with van der Waals surface area (Å²) in [6.07, 6.45) is 5.09. The molecule has 0 atom stereocenters. The van der Waals surface area contributed by atoms with E-state index in [-0.39, 0.29) is 0 Å². The second kappa shape index (κ2) is 6.20. The molecule has 2 rings (SSSR count). The maximum atomic E-state index is 4.77. The van der Waals surface area contributed by atoms with Crippen molar-refractivity contribution in [3.8, 4) is 0 Å². The van der Waals surface area contributed by atoms with Crippen LogP contribution in [0.1, 0.15) is 65.1 Å². The van der Waals surface area contributed by atoms with E-state index in [4.69, 9.17) is 4.98 Å². The highest BCUT2D eigenvalue weighted by molar-refractivity contribution is 5.49. The Morgan fingerprint density at radius 1 is 1.24 bits per heavy atom. The number of aromatic nitrogens is 2. The van der Waals surface area contributed by atoms with Crippen LogP contribution in [0.25, 0.3) is 0 Å². The van der Waals surface area contributed by atoms with E-state index in [9.17, 15) is 0 Å². The first-order valence-corrected chi connectivity index (χ1v) is 8.12. The van der Waals surface area contributed by atoms with Gasteiger partial charge in [-0.3, -0.25) is 0 Å². The highest BCUT2D eigenvalue weighted by Crippen LogP contribution is 2.37. The molecular weight excluding hydrogens is 260 g/mol. The van der Waals surface area contributed by atoms with E-state index >= 15 is 0 Å². The monoisotopic (exact) mass is 290 g/mol. The quantitative estimate of drug-likeness (QED) is 0.908. The van der Waals surface area contributed by atoms with E-state index in [1.165, 1.54) is 25.7 Å². The summed E-state index contributed by atoms with van der Waals surface area (Å²) in [6, 6.07) is 2.66. The number of nitrogens with zero attached hydrogens (tertiary/aromatic N) is 3. The molecule has 1 aliphatic rings. The molecule has 0 unspecified atom stereocenters. The van der Waals surface area contributed by atoms with Gasteiger partial charge in [-0.1, -0.05) is 27.7 Å². The fourth-order valence-corrected chi connectivity index (χ4v) is 2.98. The van der Waals surface area contributed by atoms with Crippen molar-refractivity contribution in [1.29, 1.82) is 0 Å². The van der Waals surface area contributed by atoms with Crippen LogP contribution in [0.2, 0.25) is 0 Å². The summed E-state index contributed by atoms with van der Waals surface area (Å²) in [7, 11) is 4.09. The molecule has 1 saturated carbocycles. The van der Waals surface area contributed by atoms with Crippen LogP contribution < -0.4 is 10.2 Å². The van der Waals surface area contributed by atoms with E-state index in [1.54, 1.807) is 0 Å². The third-order valence-corrected chi connectivity index (χ3v) is 4.72. The molecule has 1 N–H and O–H groups in total. The molecule has 1 aromatic heterocycles. The lowest BCUT2D eigenvalue weighted by Gasteiger charge is -2.39. The van der Waals surface area contributed by atoms with Gasteiger partial charge in [-0.2, -0.15) is 0 Å². The van der Waals surface area contributed by atoms with Gasteiger partial charge >= 0.3 is 0 Å². The maximum absolute atomic E-state index is 4.77. The van der Waals surface area contributed by atoms with Gasteiger partial charge in [0.1, 0.15) is 17.5 Å². The summed E-state index contributed by atoms with van der Waals surface area (Å²) in [5, 5.41) is 3.16. The zero-order valence-corrected chi connectivity index (χ0v) is 14.4. The lowest BCUT2D eigenvalue weighted by atomic mass is 9.75. The number of hydrogen-bond acceptors (Lipinski definition) is 4. The highest BCUT2D eigenvalue weighted by atomic mass is 15.2. The van der Waals surface area contributed by atoms with Crippen molar-refractivity contribution in [2.45, 2.75) is 65.3 Å². The predicted octanol–water partition coefficient (Wildman–Crippen LogP) is 4.05. The molecule has 0 aromatic carbocycles. The zero-order chi connectivity index (χ0) is 15.6. The van der Waals surface area contributed by atoms with Crippen molar-refractivity contribution in [3.63, 3.8) is 0 Å². The molecule has 0 saturated heterocycles. The summed E-state index contributed by atoms with van der Waals surface area (Å²) in [5.41, 5.74) is 0.502. The number of nitrogens with one attached hydrogen (secondary N) is 1. The fraction of sp³-hybridized carbons (Fsp3) is 0.765. The Morgan fingerprint density at radius 3 is 2.38 bits per heavy atom. The zero-order valence-electron chi connectivity index (χ0n) is 14.4. The van der Waals surface area contributed by atoms with E-state index in [0.717, 1.165) is 17.5 Å². The smallest absolute Gasteiger partial charge is 0.135 e. The molecule has 0 radical (unpaired) electrons. The molecule has 0 aliphatic heterocycles. The molecule has 118 valence electrons. The molecule has 1 aliphatic carbocycles. The highest BCUT2D eigenvalue weighted by Gasteiger charge is 2.29. The first-order valence-electron chi connectivity index (χ1n) is 8.12. The Morgan fingerprint density at radius 2 is 1.86 bits per heavy atom. The van der Waals surface area contributed by atoms with Crippen LogP contribution in [0, 0.1) is 5.41 Å². The molecule has 21 heavy (non-hydrogen) atoms. The van der Waals surface area contributed by atoms with Crippen molar-refractivity contribution in [2.75, 3.05) is 24.3 Å². The third kappa shape index (κ3) is 3.86. The lowest BCUT2D eigenvalue weighted by molar-refractivity contribution is 0.222. The minimum atomic E-state index is 0.343. The molecule has 1 fully saturated rings. The van der Waals surface area contributed by atoms with E-state index < -0.39 is 0 Å². The Kier molecular flexibility index (Phi) is 4.74. The predicted molar refractivity (Wildman–Crippen MR) is 90.1 cm³/mol. The molecule has 1 aromatic rings. The minimum Gasteiger partial charge on any atom is -0.373 e.